The average Bonchev–Trinajstić information content (AvgIpc) is 3.43. The number of furan rings is 1. The molecule has 0 aliphatic carbocycles. The lowest BCUT2D eigenvalue weighted by molar-refractivity contribution is 0.0701. The zero-order chi connectivity index (χ0) is 22.9. The summed E-state index contributed by atoms with van der Waals surface area (Å²) < 4.78 is 30.9. The summed E-state index contributed by atoms with van der Waals surface area (Å²) in [7, 11) is 0. The van der Waals surface area contributed by atoms with Crippen molar-refractivity contribution in [1.82, 2.24) is 4.90 Å². The van der Waals surface area contributed by atoms with E-state index in [1.807, 2.05) is 24.3 Å². The van der Waals surface area contributed by atoms with Crippen molar-refractivity contribution in [3.05, 3.63) is 99.5 Å². The number of rotatable bonds is 7. The Bertz CT molecular complexity index is 1360. The molecule has 7 heteroatoms. The summed E-state index contributed by atoms with van der Waals surface area (Å²) in [4.78, 5) is 28.3. The largest absolute Gasteiger partial charge is 0.494 e. The quantitative estimate of drug-likeness (QED) is 0.352. The maximum atomic E-state index is 13.9. The third kappa shape index (κ3) is 3.80. The van der Waals surface area contributed by atoms with E-state index in [-0.39, 0.29) is 28.8 Å². The van der Waals surface area contributed by atoms with Gasteiger partial charge in [0.05, 0.1) is 36.4 Å². The van der Waals surface area contributed by atoms with Crippen LogP contribution < -0.4 is 10.2 Å². The SMILES string of the molecule is CCCCOc1ccc(C2c3c(oc4ccc(F)cc4c3=O)C(=O)N2Cc2ccco2)cc1. The van der Waals surface area contributed by atoms with E-state index in [0.717, 1.165) is 24.5 Å². The number of hydrogen-bond donors (Lipinski definition) is 0. The Hall–Kier alpha value is -3.87. The molecule has 0 bridgehead atoms. The van der Waals surface area contributed by atoms with Gasteiger partial charge in [0.25, 0.3) is 5.91 Å². The number of ether oxygens (including phenoxy) is 1. The van der Waals surface area contributed by atoms with E-state index in [1.165, 1.54) is 23.3 Å². The van der Waals surface area contributed by atoms with Crippen LogP contribution in [-0.2, 0) is 6.54 Å². The molecule has 1 unspecified atom stereocenters. The number of fused-ring (bicyclic) bond motifs is 2. The zero-order valence-electron chi connectivity index (χ0n) is 18.0. The topological polar surface area (TPSA) is 72.9 Å². The highest BCUT2D eigenvalue weighted by Gasteiger charge is 2.43. The van der Waals surface area contributed by atoms with Crippen molar-refractivity contribution in [2.75, 3.05) is 6.61 Å². The van der Waals surface area contributed by atoms with Crippen molar-refractivity contribution in [3.8, 4) is 5.75 Å². The van der Waals surface area contributed by atoms with E-state index < -0.39 is 23.2 Å². The van der Waals surface area contributed by atoms with Crippen LogP contribution in [0.4, 0.5) is 4.39 Å². The summed E-state index contributed by atoms with van der Waals surface area (Å²) >= 11 is 0. The van der Waals surface area contributed by atoms with Crippen LogP contribution in [-0.4, -0.2) is 17.4 Å². The molecule has 3 heterocycles. The first-order valence-electron chi connectivity index (χ1n) is 10.9. The number of halogens is 1. The van der Waals surface area contributed by atoms with Gasteiger partial charge in [-0.1, -0.05) is 25.5 Å². The minimum Gasteiger partial charge on any atom is -0.494 e. The molecule has 4 aromatic rings. The van der Waals surface area contributed by atoms with Crippen LogP contribution in [0.1, 0.15) is 53.2 Å². The van der Waals surface area contributed by atoms with Gasteiger partial charge in [-0.25, -0.2) is 4.39 Å². The van der Waals surface area contributed by atoms with Crippen LogP contribution in [0.2, 0.25) is 0 Å². The Morgan fingerprint density at radius 2 is 1.91 bits per heavy atom. The molecule has 2 aromatic heterocycles. The number of amides is 1. The van der Waals surface area contributed by atoms with E-state index in [0.29, 0.717) is 18.1 Å². The number of benzene rings is 2. The fraction of sp³-hybridized carbons (Fsp3) is 0.231. The molecule has 1 aliphatic heterocycles. The molecule has 0 saturated carbocycles. The third-order valence-corrected chi connectivity index (χ3v) is 5.80. The lowest BCUT2D eigenvalue weighted by atomic mass is 9.98. The summed E-state index contributed by atoms with van der Waals surface area (Å²) in [6.07, 6.45) is 3.51. The van der Waals surface area contributed by atoms with Gasteiger partial charge in [-0.2, -0.15) is 0 Å². The highest BCUT2D eigenvalue weighted by molar-refractivity contribution is 5.99. The van der Waals surface area contributed by atoms with Crippen LogP contribution in [0.25, 0.3) is 11.0 Å². The van der Waals surface area contributed by atoms with Gasteiger partial charge in [0, 0.05) is 0 Å². The van der Waals surface area contributed by atoms with Gasteiger partial charge in [0.1, 0.15) is 22.9 Å². The maximum Gasteiger partial charge on any atom is 0.291 e. The number of unbranched alkanes of at least 4 members (excludes halogenated alkanes) is 1. The Morgan fingerprint density at radius 3 is 2.64 bits per heavy atom. The van der Waals surface area contributed by atoms with Crippen LogP contribution in [0.3, 0.4) is 0 Å². The van der Waals surface area contributed by atoms with Gasteiger partial charge in [0.2, 0.25) is 5.76 Å². The molecule has 168 valence electrons. The maximum absolute atomic E-state index is 13.9. The van der Waals surface area contributed by atoms with Gasteiger partial charge < -0.3 is 18.5 Å². The van der Waals surface area contributed by atoms with Crippen LogP contribution >= 0.6 is 0 Å². The first-order chi connectivity index (χ1) is 16.1. The lowest BCUT2D eigenvalue weighted by Crippen LogP contribution is -2.29. The van der Waals surface area contributed by atoms with Crippen molar-refractivity contribution in [3.63, 3.8) is 0 Å². The summed E-state index contributed by atoms with van der Waals surface area (Å²) in [5.74, 6) is 0.291. The predicted molar refractivity (Wildman–Crippen MR) is 120 cm³/mol. The number of nitrogens with zero attached hydrogens (tertiary/aromatic N) is 1. The van der Waals surface area contributed by atoms with E-state index in [1.54, 1.807) is 12.1 Å². The molecule has 1 amide bonds. The number of carbonyl (C=O) groups is 1. The van der Waals surface area contributed by atoms with Gasteiger partial charge in [0.15, 0.2) is 5.43 Å². The standard InChI is InChI=1S/C26H22FNO5/c1-2-3-12-31-18-9-6-16(7-10-18)23-22-24(29)20-14-17(27)8-11-21(20)33-25(22)26(30)28(23)15-19-5-4-13-32-19/h4-11,13-14,23H,2-3,12,15H2,1H3. The third-order valence-electron chi connectivity index (χ3n) is 5.80. The fourth-order valence-electron chi connectivity index (χ4n) is 4.15. The van der Waals surface area contributed by atoms with Crippen LogP contribution in [0, 0.1) is 5.82 Å². The Labute approximate surface area is 189 Å². The number of carbonyl (C=O) groups excluding carboxylic acids is 1. The monoisotopic (exact) mass is 447 g/mol. The highest BCUT2D eigenvalue weighted by atomic mass is 19.1. The van der Waals surface area contributed by atoms with Crippen LogP contribution in [0.15, 0.2) is 74.5 Å². The average molecular weight is 447 g/mol. The lowest BCUT2D eigenvalue weighted by Gasteiger charge is -2.24. The molecule has 1 atom stereocenters. The van der Waals surface area contributed by atoms with E-state index in [9.17, 15) is 14.0 Å². The Balaban J connectivity index is 1.61. The van der Waals surface area contributed by atoms with Gasteiger partial charge in [-0.3, -0.25) is 9.59 Å². The van der Waals surface area contributed by atoms with E-state index >= 15 is 0 Å². The highest BCUT2D eigenvalue weighted by Crippen LogP contribution is 2.39. The molecule has 6 nitrogen and oxygen atoms in total. The molecule has 0 fully saturated rings. The molecule has 0 saturated heterocycles. The number of hydrogen-bond acceptors (Lipinski definition) is 5. The second-order valence-corrected chi connectivity index (χ2v) is 8.00. The minimum absolute atomic E-state index is 0.0288. The van der Waals surface area contributed by atoms with Crippen molar-refractivity contribution in [1.29, 1.82) is 0 Å². The van der Waals surface area contributed by atoms with Crippen molar-refractivity contribution < 1.29 is 22.8 Å². The van der Waals surface area contributed by atoms with Crippen molar-refractivity contribution in [2.45, 2.75) is 32.4 Å². The first-order valence-corrected chi connectivity index (χ1v) is 10.9. The molecule has 2 aromatic carbocycles. The second kappa shape index (κ2) is 8.58. The molecular weight excluding hydrogens is 425 g/mol. The molecule has 33 heavy (non-hydrogen) atoms. The zero-order valence-corrected chi connectivity index (χ0v) is 18.0. The second-order valence-electron chi connectivity index (χ2n) is 8.00. The summed E-state index contributed by atoms with van der Waals surface area (Å²) in [5, 5.41) is 0.103. The first kappa shape index (κ1) is 21.0. The molecular formula is C26H22FNO5. The molecule has 5 rings (SSSR count). The Kier molecular flexibility index (Phi) is 5.46. The predicted octanol–water partition coefficient (Wildman–Crippen LogP) is 5.45. The Morgan fingerprint density at radius 1 is 1.09 bits per heavy atom. The summed E-state index contributed by atoms with van der Waals surface area (Å²) in [6.45, 7) is 2.86. The molecule has 0 radical (unpaired) electrons. The van der Waals surface area contributed by atoms with Gasteiger partial charge in [-0.05, 0) is 54.4 Å². The van der Waals surface area contributed by atoms with Crippen molar-refractivity contribution in [2.24, 2.45) is 0 Å². The molecule has 0 spiro atoms. The van der Waals surface area contributed by atoms with Crippen LogP contribution in [0.5, 0.6) is 5.75 Å². The normalized spacial score (nSPS) is 15.3. The van der Waals surface area contributed by atoms with E-state index in [4.69, 9.17) is 13.6 Å². The van der Waals surface area contributed by atoms with E-state index in [2.05, 4.69) is 6.92 Å². The molecule has 0 N–H and O–H groups in total. The van der Waals surface area contributed by atoms with Crippen molar-refractivity contribution >= 4 is 16.9 Å². The smallest absolute Gasteiger partial charge is 0.291 e. The fourth-order valence-corrected chi connectivity index (χ4v) is 4.15. The summed E-state index contributed by atoms with van der Waals surface area (Å²) in [6, 6.07) is 13.8. The van der Waals surface area contributed by atoms with Gasteiger partial charge in [-0.15, -0.1) is 0 Å². The minimum atomic E-state index is -0.703. The van der Waals surface area contributed by atoms with Gasteiger partial charge >= 0.3 is 0 Å². The molecule has 1 aliphatic rings. The summed E-state index contributed by atoms with van der Waals surface area (Å²) in [5.41, 5.74) is 0.671.